The van der Waals surface area contributed by atoms with E-state index in [1.54, 1.807) is 4.57 Å². The van der Waals surface area contributed by atoms with Crippen LogP contribution >= 0.6 is 12.2 Å². The minimum absolute atomic E-state index is 0.101. The van der Waals surface area contributed by atoms with Crippen LogP contribution in [0.4, 0.5) is 0 Å². The van der Waals surface area contributed by atoms with Gasteiger partial charge >= 0.3 is 0 Å². The number of thiocarbonyl (C=S) groups is 1. The largest absolute Gasteiger partial charge is 0.389 e. The van der Waals surface area contributed by atoms with Crippen LogP contribution in [0.3, 0.4) is 0 Å². The number of hydrogen-bond donors (Lipinski definition) is 1. The summed E-state index contributed by atoms with van der Waals surface area (Å²) in [6, 6.07) is 1.95. The van der Waals surface area contributed by atoms with Crippen LogP contribution in [0, 0.1) is 13.8 Å². The van der Waals surface area contributed by atoms with Gasteiger partial charge in [-0.25, -0.2) is 0 Å². The Bertz CT molecular complexity index is 531. The van der Waals surface area contributed by atoms with Crippen LogP contribution < -0.4 is 11.3 Å². The van der Waals surface area contributed by atoms with E-state index in [1.807, 2.05) is 19.9 Å². The zero-order valence-corrected chi connectivity index (χ0v) is 11.5. The van der Waals surface area contributed by atoms with Crippen LogP contribution in [0.1, 0.15) is 29.7 Å². The van der Waals surface area contributed by atoms with Crippen molar-refractivity contribution >= 4 is 17.2 Å². The maximum absolute atomic E-state index is 12.4. The first kappa shape index (κ1) is 13.2. The van der Waals surface area contributed by atoms with Crippen molar-refractivity contribution in [3.8, 4) is 0 Å². The molecule has 0 radical (unpaired) electrons. The highest BCUT2D eigenvalue weighted by atomic mass is 32.1. The number of aromatic nitrogens is 1. The first-order valence-electron chi connectivity index (χ1n) is 6.13. The first-order valence-corrected chi connectivity index (χ1v) is 6.54. The Balaban J connectivity index is 2.43. The number of hydrogen-bond acceptors (Lipinski definition) is 3. The number of nitrogens with zero attached hydrogens (tertiary/aromatic N) is 1. The van der Waals surface area contributed by atoms with E-state index in [0.717, 1.165) is 30.7 Å². The predicted octanol–water partition coefficient (Wildman–Crippen LogP) is 1.28. The number of nitrogens with two attached hydrogens (primary N) is 1. The number of ether oxygens (including phenoxy) is 1. The quantitative estimate of drug-likeness (QED) is 0.837. The second kappa shape index (κ2) is 5.20. The molecule has 2 N–H and O–H groups in total. The fourth-order valence-electron chi connectivity index (χ4n) is 2.45. The molecule has 4 nitrogen and oxygen atoms in total. The van der Waals surface area contributed by atoms with E-state index < -0.39 is 0 Å². The maximum Gasteiger partial charge on any atom is 0.261 e. The van der Waals surface area contributed by atoms with Crippen LogP contribution in [-0.2, 0) is 11.3 Å². The van der Waals surface area contributed by atoms with Crippen molar-refractivity contribution in [3.63, 3.8) is 0 Å². The molecule has 1 fully saturated rings. The fraction of sp³-hybridized carbons (Fsp3) is 0.538. The highest BCUT2D eigenvalue weighted by Crippen LogP contribution is 2.15. The summed E-state index contributed by atoms with van der Waals surface area (Å²) in [5.74, 6) is 0. The second-order valence-electron chi connectivity index (χ2n) is 4.76. The molecule has 0 aliphatic carbocycles. The molecule has 18 heavy (non-hydrogen) atoms. The van der Waals surface area contributed by atoms with Gasteiger partial charge in [0, 0.05) is 12.3 Å². The molecule has 0 amide bonds. The van der Waals surface area contributed by atoms with Gasteiger partial charge in [0.25, 0.3) is 5.56 Å². The van der Waals surface area contributed by atoms with Gasteiger partial charge in [0.15, 0.2) is 0 Å². The van der Waals surface area contributed by atoms with Gasteiger partial charge in [-0.15, -0.1) is 0 Å². The van der Waals surface area contributed by atoms with Crippen molar-refractivity contribution in [2.75, 3.05) is 6.61 Å². The Hall–Kier alpha value is -1.20. The standard InChI is InChI=1S/C13H18N2O2S/c1-8-6-9(2)15(7-10-4-3-5-17-10)13(16)11(8)12(14)18/h6,10H,3-5,7H2,1-2H3,(H2,14,18). The summed E-state index contributed by atoms with van der Waals surface area (Å²) in [5, 5.41) is 0. The van der Waals surface area contributed by atoms with Gasteiger partial charge in [-0.1, -0.05) is 12.2 Å². The molecule has 1 unspecified atom stereocenters. The van der Waals surface area contributed by atoms with Crippen LogP contribution in [0.15, 0.2) is 10.9 Å². The maximum atomic E-state index is 12.4. The van der Waals surface area contributed by atoms with E-state index in [4.69, 9.17) is 22.7 Å². The van der Waals surface area contributed by atoms with Crippen molar-refractivity contribution in [3.05, 3.63) is 33.2 Å². The highest BCUT2D eigenvalue weighted by molar-refractivity contribution is 7.80. The lowest BCUT2D eigenvalue weighted by Crippen LogP contribution is -2.34. The molecule has 1 aromatic rings. The molecule has 1 aliphatic heterocycles. The molecule has 0 spiro atoms. The molecule has 0 aromatic carbocycles. The van der Waals surface area contributed by atoms with E-state index in [9.17, 15) is 4.79 Å². The average Bonchev–Trinajstić information content (AvgIpc) is 2.75. The topological polar surface area (TPSA) is 57.2 Å². The lowest BCUT2D eigenvalue weighted by molar-refractivity contribution is 0.0956. The normalized spacial score (nSPS) is 19.1. The van der Waals surface area contributed by atoms with E-state index >= 15 is 0 Å². The summed E-state index contributed by atoms with van der Waals surface area (Å²) in [4.78, 5) is 12.5. The molecule has 0 saturated carbocycles. The van der Waals surface area contributed by atoms with Crippen molar-refractivity contribution in [1.29, 1.82) is 0 Å². The average molecular weight is 266 g/mol. The Morgan fingerprint density at radius 2 is 2.33 bits per heavy atom. The van der Waals surface area contributed by atoms with Gasteiger partial charge < -0.3 is 15.0 Å². The SMILES string of the molecule is Cc1cc(C)n(CC2CCCO2)c(=O)c1C(N)=S. The number of rotatable bonds is 3. The van der Waals surface area contributed by atoms with E-state index in [-0.39, 0.29) is 16.7 Å². The van der Waals surface area contributed by atoms with Gasteiger partial charge in [0.05, 0.1) is 18.2 Å². The molecular weight excluding hydrogens is 248 g/mol. The summed E-state index contributed by atoms with van der Waals surface area (Å²) >= 11 is 4.96. The van der Waals surface area contributed by atoms with E-state index in [1.165, 1.54) is 0 Å². The van der Waals surface area contributed by atoms with Gasteiger partial charge in [-0.05, 0) is 38.3 Å². The molecule has 1 aromatic heterocycles. The Morgan fingerprint density at radius 3 is 2.89 bits per heavy atom. The lowest BCUT2D eigenvalue weighted by Gasteiger charge is -2.17. The van der Waals surface area contributed by atoms with Crippen molar-refractivity contribution in [1.82, 2.24) is 4.57 Å². The summed E-state index contributed by atoms with van der Waals surface area (Å²) < 4.78 is 7.29. The van der Waals surface area contributed by atoms with Gasteiger partial charge in [-0.2, -0.15) is 0 Å². The fourth-order valence-corrected chi connectivity index (χ4v) is 2.69. The molecule has 1 aliphatic rings. The third-order valence-electron chi connectivity index (χ3n) is 3.36. The summed E-state index contributed by atoms with van der Waals surface area (Å²) in [5.41, 5.74) is 7.75. The Kier molecular flexibility index (Phi) is 3.82. The van der Waals surface area contributed by atoms with Gasteiger partial charge in [-0.3, -0.25) is 4.79 Å². The van der Waals surface area contributed by atoms with Crippen LogP contribution in [0.5, 0.6) is 0 Å². The molecular formula is C13H18N2O2S. The zero-order valence-electron chi connectivity index (χ0n) is 10.7. The van der Waals surface area contributed by atoms with E-state index in [2.05, 4.69) is 0 Å². The van der Waals surface area contributed by atoms with Gasteiger partial charge in [0.2, 0.25) is 0 Å². The molecule has 1 saturated heterocycles. The van der Waals surface area contributed by atoms with Gasteiger partial charge in [0.1, 0.15) is 4.99 Å². The van der Waals surface area contributed by atoms with Crippen LogP contribution in [0.2, 0.25) is 0 Å². The zero-order chi connectivity index (χ0) is 13.3. The van der Waals surface area contributed by atoms with Crippen LogP contribution in [-0.4, -0.2) is 22.3 Å². The van der Waals surface area contributed by atoms with Crippen molar-refractivity contribution < 1.29 is 4.74 Å². The lowest BCUT2D eigenvalue weighted by atomic mass is 10.1. The highest BCUT2D eigenvalue weighted by Gasteiger charge is 2.19. The smallest absolute Gasteiger partial charge is 0.261 e. The molecule has 2 rings (SSSR count). The molecule has 5 heteroatoms. The predicted molar refractivity (Wildman–Crippen MR) is 75.0 cm³/mol. The molecule has 2 heterocycles. The number of aryl methyl sites for hydroxylation is 2. The number of pyridine rings is 1. The van der Waals surface area contributed by atoms with Crippen molar-refractivity contribution in [2.24, 2.45) is 5.73 Å². The minimum atomic E-state index is -0.101. The summed E-state index contributed by atoms with van der Waals surface area (Å²) in [7, 11) is 0. The molecule has 98 valence electrons. The third-order valence-corrected chi connectivity index (χ3v) is 3.57. The van der Waals surface area contributed by atoms with E-state index in [0.29, 0.717) is 12.1 Å². The monoisotopic (exact) mass is 266 g/mol. The third kappa shape index (κ3) is 2.47. The summed E-state index contributed by atoms with van der Waals surface area (Å²) in [6.07, 6.45) is 2.19. The molecule has 0 bridgehead atoms. The second-order valence-corrected chi connectivity index (χ2v) is 5.20. The Labute approximate surface area is 112 Å². The first-order chi connectivity index (χ1) is 8.50. The minimum Gasteiger partial charge on any atom is -0.389 e. The van der Waals surface area contributed by atoms with Crippen molar-refractivity contribution in [2.45, 2.75) is 39.3 Å². The summed E-state index contributed by atoms with van der Waals surface area (Å²) in [6.45, 7) is 5.15. The Morgan fingerprint density at radius 1 is 1.61 bits per heavy atom. The molecule has 1 atom stereocenters. The van der Waals surface area contributed by atoms with Crippen LogP contribution in [0.25, 0.3) is 0 Å².